The van der Waals surface area contributed by atoms with Crippen molar-refractivity contribution in [2.45, 2.75) is 51.9 Å². The van der Waals surface area contributed by atoms with Crippen molar-refractivity contribution in [2.75, 3.05) is 18.5 Å². The first-order valence-electron chi connectivity index (χ1n) is 13.6. The lowest BCUT2D eigenvalue weighted by Crippen LogP contribution is -1.91. The average Bonchev–Trinajstić information content (AvgIpc) is 2.94. The number of fused-ring (bicyclic) bond motifs is 1. The maximum Gasteiger partial charge on any atom is 0.176 e. The predicted molar refractivity (Wildman–Crippen MR) is 176 cm³/mol. The molecular weight excluding hydrogens is 549 g/mol. The molecule has 4 rings (SSSR count). The molecule has 212 valence electrons. The van der Waals surface area contributed by atoms with E-state index in [-0.39, 0.29) is 0 Å². The van der Waals surface area contributed by atoms with Gasteiger partial charge in [-0.1, -0.05) is 17.8 Å². The molecular formula is C32H36N6OS2. The molecule has 4 aromatic carbocycles. The number of hydrogen-bond donors (Lipinski definition) is 2. The number of nitrogens with two attached hydrogens (primary N) is 1. The van der Waals surface area contributed by atoms with Crippen LogP contribution in [0.5, 0.6) is 0 Å². The minimum atomic E-state index is 0.750. The van der Waals surface area contributed by atoms with Gasteiger partial charge in [-0.3, -0.25) is 9.52 Å². The number of thioether (sulfide) groups is 1. The Balaban J connectivity index is 1.64. The van der Waals surface area contributed by atoms with Crippen molar-refractivity contribution in [1.29, 1.82) is 0 Å². The van der Waals surface area contributed by atoms with Crippen molar-refractivity contribution >= 4 is 68.5 Å². The third-order valence-electron chi connectivity index (χ3n) is 6.88. The van der Waals surface area contributed by atoms with Gasteiger partial charge in [0, 0.05) is 16.3 Å². The van der Waals surface area contributed by atoms with E-state index in [1.807, 2.05) is 52.1 Å². The fraction of sp³-hybridized carbons (Fsp3) is 0.281. The van der Waals surface area contributed by atoms with Crippen molar-refractivity contribution in [3.8, 4) is 0 Å². The molecule has 0 amide bonds. The van der Waals surface area contributed by atoms with Crippen LogP contribution < -0.4 is 10.5 Å². The summed E-state index contributed by atoms with van der Waals surface area (Å²) in [6, 6.07) is 18.5. The van der Waals surface area contributed by atoms with Crippen LogP contribution in [0.3, 0.4) is 0 Å². The molecule has 0 unspecified atom stereocenters. The lowest BCUT2D eigenvalue weighted by molar-refractivity contribution is 0.570. The van der Waals surface area contributed by atoms with Gasteiger partial charge in [-0.05, 0) is 153 Å². The molecule has 0 saturated heterocycles. The Labute approximate surface area is 250 Å². The molecule has 0 heterocycles. The summed E-state index contributed by atoms with van der Waals surface area (Å²) >= 11 is 2.91. The summed E-state index contributed by atoms with van der Waals surface area (Å²) in [7, 11) is 1.92. The SMILES string of the molecule is CNSc1cc(C)c2cc(N=Nc3cc(CCCCSC=O)c(N=Nc4cc(C)c(N)cc4C)cc3C)ccc2c1. The standard InChI is InChI=1S/C32H36N6OS2/c1-20-12-27(41-34-5)16-24-9-10-26(18-28(20)24)35-36-31-17-25(8-6-7-11-40-19-39)32(15-23(31)4)38-37-30-14-21(2)29(33)13-22(30)3/h9-10,12-19,34H,6-8,11,33H2,1-5H3. The molecule has 0 aliphatic heterocycles. The van der Waals surface area contributed by atoms with Crippen molar-refractivity contribution in [3.05, 3.63) is 82.4 Å². The van der Waals surface area contributed by atoms with Gasteiger partial charge in [0.1, 0.15) is 0 Å². The van der Waals surface area contributed by atoms with E-state index >= 15 is 0 Å². The average molecular weight is 585 g/mol. The minimum Gasteiger partial charge on any atom is -0.399 e. The van der Waals surface area contributed by atoms with Gasteiger partial charge in [0.25, 0.3) is 0 Å². The van der Waals surface area contributed by atoms with Gasteiger partial charge < -0.3 is 5.73 Å². The fourth-order valence-electron chi connectivity index (χ4n) is 4.56. The highest BCUT2D eigenvalue weighted by molar-refractivity contribution is 8.11. The summed E-state index contributed by atoms with van der Waals surface area (Å²) < 4.78 is 3.13. The van der Waals surface area contributed by atoms with Crippen LogP contribution in [0.1, 0.15) is 40.7 Å². The quantitative estimate of drug-likeness (QED) is 0.0567. The summed E-state index contributed by atoms with van der Waals surface area (Å²) in [4.78, 5) is 11.9. The molecule has 0 fully saturated rings. The number of azo groups is 2. The molecule has 0 aliphatic rings. The van der Waals surface area contributed by atoms with Crippen LogP contribution in [-0.4, -0.2) is 18.4 Å². The Kier molecular flexibility index (Phi) is 10.7. The molecule has 0 aromatic heterocycles. The van der Waals surface area contributed by atoms with Crippen LogP contribution in [0, 0.1) is 27.7 Å². The molecule has 0 atom stereocenters. The van der Waals surface area contributed by atoms with Gasteiger partial charge in [-0.2, -0.15) is 20.5 Å². The first-order chi connectivity index (χ1) is 19.8. The van der Waals surface area contributed by atoms with Gasteiger partial charge in [-0.25, -0.2) is 0 Å². The van der Waals surface area contributed by atoms with Gasteiger partial charge in [-0.15, -0.1) is 0 Å². The van der Waals surface area contributed by atoms with Crippen molar-refractivity contribution in [1.82, 2.24) is 4.72 Å². The van der Waals surface area contributed by atoms with Crippen LogP contribution >= 0.6 is 23.7 Å². The van der Waals surface area contributed by atoms with E-state index in [2.05, 4.69) is 62.4 Å². The number of rotatable bonds is 12. The highest BCUT2D eigenvalue weighted by Gasteiger charge is 2.10. The molecule has 41 heavy (non-hydrogen) atoms. The summed E-state index contributed by atoms with van der Waals surface area (Å²) in [6.07, 6.45) is 2.67. The normalized spacial score (nSPS) is 11.7. The maximum absolute atomic E-state index is 10.7. The Bertz CT molecular complexity index is 1620. The lowest BCUT2D eigenvalue weighted by atomic mass is 10.0. The number of nitrogens with one attached hydrogen (secondary N) is 1. The number of nitrogen functional groups attached to an aromatic ring is 1. The molecule has 7 nitrogen and oxygen atoms in total. The second kappa shape index (κ2) is 14.4. The van der Waals surface area contributed by atoms with E-state index in [9.17, 15) is 4.79 Å². The van der Waals surface area contributed by atoms with Gasteiger partial charge in [0.15, 0.2) is 5.62 Å². The first-order valence-corrected chi connectivity index (χ1v) is 15.4. The number of hydrogen-bond acceptors (Lipinski definition) is 9. The second-order valence-corrected chi connectivity index (χ2v) is 12.1. The van der Waals surface area contributed by atoms with E-state index in [1.54, 1.807) is 11.9 Å². The Morgan fingerprint density at radius 1 is 0.780 bits per heavy atom. The third kappa shape index (κ3) is 8.03. The number of aryl methyl sites for hydroxylation is 5. The zero-order valence-corrected chi connectivity index (χ0v) is 25.8. The Hall–Kier alpha value is -3.53. The number of anilines is 1. The number of carbonyl (C=O) groups excluding carboxylic acids is 1. The fourth-order valence-corrected chi connectivity index (χ4v) is 5.69. The van der Waals surface area contributed by atoms with E-state index in [1.165, 1.54) is 27.6 Å². The van der Waals surface area contributed by atoms with Gasteiger partial charge >= 0.3 is 0 Å². The van der Waals surface area contributed by atoms with Crippen LogP contribution in [0.25, 0.3) is 10.8 Å². The zero-order chi connectivity index (χ0) is 29.4. The topological polar surface area (TPSA) is 105 Å². The van der Waals surface area contributed by atoms with Crippen LogP contribution in [-0.2, 0) is 11.2 Å². The summed E-state index contributed by atoms with van der Waals surface area (Å²) in [6.45, 7) is 8.09. The lowest BCUT2D eigenvalue weighted by Gasteiger charge is -2.10. The number of benzene rings is 4. The predicted octanol–water partition coefficient (Wildman–Crippen LogP) is 9.96. The second-order valence-electron chi connectivity index (χ2n) is 10.0. The monoisotopic (exact) mass is 584 g/mol. The van der Waals surface area contributed by atoms with E-state index in [0.29, 0.717) is 0 Å². The molecule has 9 heteroatoms. The molecule has 4 aromatic rings. The Morgan fingerprint density at radius 2 is 1.49 bits per heavy atom. The molecule has 0 bridgehead atoms. The minimum absolute atomic E-state index is 0.750. The summed E-state index contributed by atoms with van der Waals surface area (Å²) in [5.74, 6) is 0.805. The number of nitrogens with zero attached hydrogens (tertiary/aromatic N) is 4. The highest BCUT2D eigenvalue weighted by Crippen LogP contribution is 2.35. The molecule has 3 N–H and O–H groups in total. The largest absolute Gasteiger partial charge is 0.399 e. The molecule has 0 radical (unpaired) electrons. The van der Waals surface area contributed by atoms with Crippen LogP contribution in [0.15, 0.2) is 79.9 Å². The van der Waals surface area contributed by atoms with Crippen molar-refractivity contribution < 1.29 is 4.79 Å². The maximum atomic E-state index is 10.7. The molecule has 0 spiro atoms. The third-order valence-corrected chi connectivity index (χ3v) is 8.22. The number of carbonyl (C=O) groups is 1. The van der Waals surface area contributed by atoms with E-state index < -0.39 is 0 Å². The molecule has 0 aliphatic carbocycles. The summed E-state index contributed by atoms with van der Waals surface area (Å²) in [5.41, 5.74) is 16.1. The van der Waals surface area contributed by atoms with Crippen molar-refractivity contribution in [2.24, 2.45) is 20.5 Å². The van der Waals surface area contributed by atoms with E-state index in [0.717, 1.165) is 86.7 Å². The van der Waals surface area contributed by atoms with Crippen LogP contribution in [0.2, 0.25) is 0 Å². The zero-order valence-electron chi connectivity index (χ0n) is 24.2. The first kappa shape index (κ1) is 30.4. The highest BCUT2D eigenvalue weighted by atomic mass is 32.2. The number of unbranched alkanes of at least 4 members (excludes halogenated alkanes) is 1. The Morgan fingerprint density at radius 3 is 2.27 bits per heavy atom. The van der Waals surface area contributed by atoms with Crippen molar-refractivity contribution in [3.63, 3.8) is 0 Å². The smallest absolute Gasteiger partial charge is 0.176 e. The molecule has 0 saturated carbocycles. The van der Waals surface area contributed by atoms with Gasteiger partial charge in [0.05, 0.1) is 22.7 Å². The summed E-state index contributed by atoms with van der Waals surface area (Å²) in [5, 5.41) is 20.8. The van der Waals surface area contributed by atoms with Crippen LogP contribution in [0.4, 0.5) is 28.4 Å². The van der Waals surface area contributed by atoms with E-state index in [4.69, 9.17) is 5.73 Å². The van der Waals surface area contributed by atoms with Gasteiger partial charge in [0.2, 0.25) is 0 Å².